The topological polar surface area (TPSA) is 50.7 Å². The number of hydrogen-bond acceptors (Lipinski definition) is 3. The van der Waals surface area contributed by atoms with Gasteiger partial charge in [-0.2, -0.15) is 5.10 Å². The Labute approximate surface area is 202 Å². The first-order valence-electron chi connectivity index (χ1n) is 9.58. The predicted octanol–water partition coefficient (Wildman–Crippen LogP) is 6.55. The van der Waals surface area contributed by atoms with Crippen molar-refractivity contribution in [1.29, 1.82) is 0 Å². The molecule has 1 N–H and O–H groups in total. The van der Waals surface area contributed by atoms with Crippen molar-refractivity contribution in [2.45, 2.75) is 6.61 Å². The van der Waals surface area contributed by atoms with Crippen LogP contribution in [0.25, 0.3) is 10.8 Å². The predicted molar refractivity (Wildman–Crippen MR) is 137 cm³/mol. The lowest BCUT2D eigenvalue weighted by Gasteiger charge is -2.12. The molecule has 4 aromatic carbocycles. The van der Waals surface area contributed by atoms with Crippen molar-refractivity contribution in [2.75, 3.05) is 0 Å². The molecule has 0 atom stereocenters. The number of nitrogens with zero attached hydrogens (tertiary/aromatic N) is 1. The van der Waals surface area contributed by atoms with Crippen molar-refractivity contribution in [1.82, 2.24) is 5.43 Å². The summed E-state index contributed by atoms with van der Waals surface area (Å²) in [5.41, 5.74) is 5.05. The van der Waals surface area contributed by atoms with Gasteiger partial charge in [-0.05, 0) is 75.3 Å². The van der Waals surface area contributed by atoms with Gasteiger partial charge in [0.1, 0.15) is 12.4 Å². The fourth-order valence-electron chi connectivity index (χ4n) is 3.17. The molecule has 0 heterocycles. The van der Waals surface area contributed by atoms with Gasteiger partial charge in [0.15, 0.2) is 0 Å². The Bertz CT molecular complexity index is 1270. The van der Waals surface area contributed by atoms with E-state index >= 15 is 0 Å². The smallest absolute Gasteiger partial charge is 0.271 e. The molecule has 31 heavy (non-hydrogen) atoms. The Morgan fingerprint density at radius 3 is 2.68 bits per heavy atom. The number of nitrogens with one attached hydrogen (secondary N) is 1. The van der Waals surface area contributed by atoms with E-state index in [0.29, 0.717) is 17.9 Å². The largest absolute Gasteiger partial charge is 0.488 e. The van der Waals surface area contributed by atoms with Crippen molar-refractivity contribution in [3.63, 3.8) is 0 Å². The molecule has 0 unspecified atom stereocenters. The van der Waals surface area contributed by atoms with Gasteiger partial charge in [-0.1, -0.05) is 64.5 Å². The van der Waals surface area contributed by atoms with Gasteiger partial charge in [0.25, 0.3) is 5.91 Å². The lowest BCUT2D eigenvalue weighted by atomic mass is 10.0. The van der Waals surface area contributed by atoms with Crippen LogP contribution >= 0.6 is 38.5 Å². The first-order valence-corrected chi connectivity index (χ1v) is 11.5. The number of hydrazone groups is 1. The number of carbonyl (C=O) groups excluding carboxylic acids is 1. The molecular formula is C25H18BrIN2O2. The zero-order valence-electron chi connectivity index (χ0n) is 16.4. The second kappa shape index (κ2) is 10.1. The van der Waals surface area contributed by atoms with Gasteiger partial charge in [0.05, 0.1) is 6.21 Å². The van der Waals surface area contributed by atoms with Gasteiger partial charge >= 0.3 is 0 Å². The summed E-state index contributed by atoms with van der Waals surface area (Å²) in [7, 11) is 0. The molecule has 1 amide bonds. The Kier molecular flexibility index (Phi) is 6.99. The van der Waals surface area contributed by atoms with E-state index in [1.165, 1.54) is 0 Å². The zero-order chi connectivity index (χ0) is 21.6. The van der Waals surface area contributed by atoms with Crippen LogP contribution in [0.3, 0.4) is 0 Å². The zero-order valence-corrected chi connectivity index (χ0v) is 20.1. The van der Waals surface area contributed by atoms with Crippen LogP contribution in [0, 0.1) is 3.57 Å². The van der Waals surface area contributed by atoms with E-state index < -0.39 is 0 Å². The number of benzene rings is 4. The molecule has 0 fully saturated rings. The van der Waals surface area contributed by atoms with Crippen molar-refractivity contribution < 1.29 is 9.53 Å². The van der Waals surface area contributed by atoms with Crippen LogP contribution < -0.4 is 10.2 Å². The quantitative estimate of drug-likeness (QED) is 0.159. The minimum absolute atomic E-state index is 0.258. The lowest BCUT2D eigenvalue weighted by molar-refractivity contribution is 0.0955. The highest BCUT2D eigenvalue weighted by Crippen LogP contribution is 2.27. The van der Waals surface area contributed by atoms with E-state index in [0.717, 1.165) is 29.9 Å². The molecule has 0 bridgehead atoms. The van der Waals surface area contributed by atoms with Crippen molar-refractivity contribution in [2.24, 2.45) is 5.10 Å². The monoisotopic (exact) mass is 584 g/mol. The highest BCUT2D eigenvalue weighted by molar-refractivity contribution is 14.1. The molecule has 4 nitrogen and oxygen atoms in total. The molecule has 6 heteroatoms. The molecule has 0 saturated heterocycles. The number of carbonyl (C=O) groups is 1. The molecule has 0 aromatic heterocycles. The van der Waals surface area contributed by atoms with Gasteiger partial charge in [0.2, 0.25) is 0 Å². The summed E-state index contributed by atoms with van der Waals surface area (Å²) in [6.07, 6.45) is 1.64. The number of rotatable bonds is 6. The van der Waals surface area contributed by atoms with E-state index in [2.05, 4.69) is 49.0 Å². The molecule has 4 rings (SSSR count). The number of hydrogen-bond donors (Lipinski definition) is 1. The number of ether oxygens (including phenoxy) is 1. The lowest BCUT2D eigenvalue weighted by Crippen LogP contribution is -2.17. The third-order valence-electron chi connectivity index (χ3n) is 4.66. The van der Waals surface area contributed by atoms with Crippen LogP contribution in [0.4, 0.5) is 0 Å². The van der Waals surface area contributed by atoms with E-state index in [-0.39, 0.29) is 5.91 Å². The summed E-state index contributed by atoms with van der Waals surface area (Å²) >= 11 is 5.67. The first kappa shape index (κ1) is 21.5. The van der Waals surface area contributed by atoms with Gasteiger partial charge in [-0.3, -0.25) is 4.79 Å². The Morgan fingerprint density at radius 2 is 1.84 bits per heavy atom. The van der Waals surface area contributed by atoms with Gasteiger partial charge in [0, 0.05) is 19.2 Å². The second-order valence-corrected chi connectivity index (χ2v) is 8.99. The summed E-state index contributed by atoms with van der Waals surface area (Å²) in [5.74, 6) is 0.442. The molecule has 0 aliphatic carbocycles. The average Bonchev–Trinajstić information content (AvgIpc) is 2.78. The molecule has 0 aliphatic rings. The SMILES string of the molecule is O=C(N/N=C\c1c(OCc2cccc(Br)c2)ccc2ccccc12)c1cccc(I)c1. The van der Waals surface area contributed by atoms with Crippen molar-refractivity contribution in [3.8, 4) is 5.75 Å². The van der Waals surface area contributed by atoms with Crippen molar-refractivity contribution >= 4 is 61.4 Å². The minimum Gasteiger partial charge on any atom is -0.488 e. The van der Waals surface area contributed by atoms with E-state index in [9.17, 15) is 4.79 Å². The first-order chi connectivity index (χ1) is 15.1. The van der Waals surface area contributed by atoms with E-state index in [1.54, 1.807) is 12.3 Å². The molecule has 0 spiro atoms. The summed E-state index contributed by atoms with van der Waals surface area (Å²) in [6.45, 7) is 0.424. The van der Waals surface area contributed by atoms with Crippen LogP contribution in [-0.4, -0.2) is 12.1 Å². The fourth-order valence-corrected chi connectivity index (χ4v) is 4.16. The van der Waals surface area contributed by atoms with E-state index in [1.807, 2.05) is 78.9 Å². The van der Waals surface area contributed by atoms with Gasteiger partial charge < -0.3 is 4.74 Å². The van der Waals surface area contributed by atoms with Crippen LogP contribution in [0.1, 0.15) is 21.5 Å². The molecule has 154 valence electrons. The van der Waals surface area contributed by atoms with Crippen LogP contribution in [0.2, 0.25) is 0 Å². The van der Waals surface area contributed by atoms with E-state index in [4.69, 9.17) is 4.74 Å². The maximum atomic E-state index is 12.4. The maximum Gasteiger partial charge on any atom is 0.271 e. The summed E-state index contributed by atoms with van der Waals surface area (Å²) < 4.78 is 8.12. The normalized spacial score (nSPS) is 11.0. The molecule has 0 radical (unpaired) electrons. The summed E-state index contributed by atoms with van der Waals surface area (Å²) in [6, 6.07) is 27.3. The van der Waals surface area contributed by atoms with Crippen molar-refractivity contribution in [3.05, 3.63) is 110 Å². The summed E-state index contributed by atoms with van der Waals surface area (Å²) in [4.78, 5) is 12.4. The second-order valence-electron chi connectivity index (χ2n) is 6.83. The number of fused-ring (bicyclic) bond motifs is 1. The third kappa shape index (κ3) is 5.51. The molecule has 4 aromatic rings. The third-order valence-corrected chi connectivity index (χ3v) is 5.82. The Hall–Kier alpha value is -2.71. The Balaban J connectivity index is 1.59. The molecular weight excluding hydrogens is 567 g/mol. The minimum atomic E-state index is -0.258. The molecule has 0 saturated carbocycles. The Morgan fingerprint density at radius 1 is 1.00 bits per heavy atom. The van der Waals surface area contributed by atoms with Crippen LogP contribution in [-0.2, 0) is 6.61 Å². The number of amides is 1. The van der Waals surface area contributed by atoms with Crippen LogP contribution in [0.15, 0.2) is 94.5 Å². The highest BCUT2D eigenvalue weighted by Gasteiger charge is 2.09. The number of halogens is 2. The van der Waals surface area contributed by atoms with Gasteiger partial charge in [-0.15, -0.1) is 0 Å². The standard InChI is InChI=1S/C25H18BrIN2O2/c26-20-8-3-5-17(13-20)16-31-24-12-11-18-6-1-2-10-22(18)23(24)15-28-29-25(30)19-7-4-9-21(27)14-19/h1-15H,16H2,(H,29,30)/b28-15-. The average molecular weight is 585 g/mol. The summed E-state index contributed by atoms with van der Waals surface area (Å²) in [5, 5.41) is 6.29. The maximum absolute atomic E-state index is 12.4. The van der Waals surface area contributed by atoms with Gasteiger partial charge in [-0.25, -0.2) is 5.43 Å². The van der Waals surface area contributed by atoms with Crippen LogP contribution in [0.5, 0.6) is 5.75 Å². The molecule has 0 aliphatic heterocycles. The highest BCUT2D eigenvalue weighted by atomic mass is 127. The fraction of sp³-hybridized carbons (Fsp3) is 0.0400.